The molecule has 0 N–H and O–H groups in total. The summed E-state index contributed by atoms with van der Waals surface area (Å²) in [6.07, 6.45) is 4.55. The van der Waals surface area contributed by atoms with Crippen LogP contribution in [0.2, 0.25) is 0 Å². The van der Waals surface area contributed by atoms with E-state index < -0.39 is 20.9 Å². The topological polar surface area (TPSA) is 46.6 Å². The van der Waals surface area contributed by atoms with Gasteiger partial charge in [0.25, 0.3) is 0 Å². The molecular formula is C15H17NO3S. The molecule has 1 aromatic rings. The lowest BCUT2D eigenvalue weighted by molar-refractivity contribution is 0.0270. The van der Waals surface area contributed by atoms with Crippen LogP contribution in [0.4, 0.5) is 0 Å². The van der Waals surface area contributed by atoms with E-state index >= 15 is 0 Å². The fraction of sp³-hybridized carbons (Fsp3) is 0.467. The SMILES string of the molecule is C[C@@H](c1ccccc1)N1C[C@]23C=C[C@H](C[C@H]2S1(=O)=O)O3. The molecule has 4 rings (SSSR count). The Balaban J connectivity index is 1.72. The number of sulfonamides is 1. The van der Waals surface area contributed by atoms with E-state index in [9.17, 15) is 8.42 Å². The Hall–Kier alpha value is -1.17. The van der Waals surface area contributed by atoms with Crippen LogP contribution in [0.3, 0.4) is 0 Å². The van der Waals surface area contributed by atoms with E-state index in [1.54, 1.807) is 4.31 Å². The zero-order valence-corrected chi connectivity index (χ0v) is 12.1. The minimum atomic E-state index is -3.30. The van der Waals surface area contributed by atoms with Crippen LogP contribution >= 0.6 is 0 Å². The minimum Gasteiger partial charge on any atom is -0.361 e. The Morgan fingerprint density at radius 1 is 1.35 bits per heavy atom. The number of nitrogens with zero attached hydrogens (tertiary/aromatic N) is 1. The molecule has 0 radical (unpaired) electrons. The van der Waals surface area contributed by atoms with Crippen molar-refractivity contribution in [1.82, 2.24) is 4.31 Å². The molecule has 5 heteroatoms. The van der Waals surface area contributed by atoms with Crippen LogP contribution in [0.15, 0.2) is 42.5 Å². The summed E-state index contributed by atoms with van der Waals surface area (Å²) in [5, 5.41) is -0.406. The molecule has 0 saturated carbocycles. The molecule has 106 valence electrons. The van der Waals surface area contributed by atoms with Gasteiger partial charge in [-0.05, 0) is 18.9 Å². The number of ether oxygens (including phenoxy) is 1. The molecule has 1 spiro atoms. The molecule has 0 aliphatic carbocycles. The quantitative estimate of drug-likeness (QED) is 0.781. The lowest BCUT2D eigenvalue weighted by Crippen LogP contribution is -2.36. The summed E-state index contributed by atoms with van der Waals surface area (Å²) >= 11 is 0. The van der Waals surface area contributed by atoms with Crippen molar-refractivity contribution in [2.24, 2.45) is 0 Å². The minimum absolute atomic E-state index is 0.0102. The van der Waals surface area contributed by atoms with Crippen molar-refractivity contribution in [2.75, 3.05) is 6.54 Å². The van der Waals surface area contributed by atoms with Crippen molar-refractivity contribution in [1.29, 1.82) is 0 Å². The zero-order chi connectivity index (χ0) is 14.0. The maximum Gasteiger partial charge on any atom is 0.221 e. The number of hydrogen-bond acceptors (Lipinski definition) is 3. The van der Waals surface area contributed by atoms with E-state index in [1.165, 1.54) is 0 Å². The molecule has 20 heavy (non-hydrogen) atoms. The summed E-state index contributed by atoms with van der Waals surface area (Å²) in [4.78, 5) is 0. The van der Waals surface area contributed by atoms with Crippen LogP contribution in [0, 0.1) is 0 Å². The van der Waals surface area contributed by atoms with Gasteiger partial charge >= 0.3 is 0 Å². The molecule has 1 aromatic carbocycles. The average molecular weight is 291 g/mol. The predicted octanol–water partition coefficient (Wildman–Crippen LogP) is 1.86. The first-order valence-corrected chi connectivity index (χ1v) is 8.46. The van der Waals surface area contributed by atoms with Gasteiger partial charge in [-0.2, -0.15) is 4.31 Å². The fourth-order valence-electron chi connectivity index (χ4n) is 3.67. The van der Waals surface area contributed by atoms with Gasteiger partial charge in [0.2, 0.25) is 10.0 Å². The summed E-state index contributed by atoms with van der Waals surface area (Å²) in [5.41, 5.74) is 0.415. The van der Waals surface area contributed by atoms with E-state index in [0.717, 1.165) is 5.56 Å². The van der Waals surface area contributed by atoms with Crippen LogP contribution in [0.25, 0.3) is 0 Å². The van der Waals surface area contributed by atoms with Crippen LogP contribution in [-0.2, 0) is 14.8 Å². The molecule has 2 saturated heterocycles. The highest BCUT2D eigenvalue weighted by Crippen LogP contribution is 2.50. The van der Waals surface area contributed by atoms with E-state index in [4.69, 9.17) is 4.74 Å². The predicted molar refractivity (Wildman–Crippen MR) is 75.6 cm³/mol. The third-order valence-electron chi connectivity index (χ3n) is 4.76. The second-order valence-corrected chi connectivity index (χ2v) is 7.94. The molecular weight excluding hydrogens is 274 g/mol. The molecule has 0 aromatic heterocycles. The largest absolute Gasteiger partial charge is 0.361 e. The highest BCUT2D eigenvalue weighted by Gasteiger charge is 2.64. The van der Waals surface area contributed by atoms with Gasteiger partial charge < -0.3 is 4.74 Å². The fourth-order valence-corrected chi connectivity index (χ4v) is 6.09. The summed E-state index contributed by atoms with van der Waals surface area (Å²) in [7, 11) is -3.30. The van der Waals surface area contributed by atoms with Crippen LogP contribution in [0.5, 0.6) is 0 Å². The Morgan fingerprint density at radius 3 is 2.75 bits per heavy atom. The first kappa shape index (κ1) is 12.6. The number of rotatable bonds is 2. The maximum atomic E-state index is 12.8. The average Bonchev–Trinajstić information content (AvgIpc) is 3.08. The van der Waals surface area contributed by atoms with E-state index in [1.807, 2.05) is 49.4 Å². The molecule has 2 bridgehead atoms. The lowest BCUT2D eigenvalue weighted by atomic mass is 9.94. The van der Waals surface area contributed by atoms with Crippen LogP contribution in [0.1, 0.15) is 24.9 Å². The summed E-state index contributed by atoms with van der Waals surface area (Å²) < 4.78 is 33.1. The molecule has 2 fully saturated rings. The highest BCUT2D eigenvalue weighted by atomic mass is 32.2. The molecule has 4 atom stereocenters. The van der Waals surface area contributed by atoms with Crippen molar-refractivity contribution >= 4 is 10.0 Å². The molecule has 0 unspecified atom stereocenters. The first-order valence-electron chi connectivity index (χ1n) is 6.96. The van der Waals surface area contributed by atoms with Gasteiger partial charge in [0.05, 0.1) is 6.10 Å². The monoisotopic (exact) mass is 291 g/mol. The van der Waals surface area contributed by atoms with Crippen molar-refractivity contribution in [3.05, 3.63) is 48.0 Å². The summed E-state index contributed by atoms with van der Waals surface area (Å²) in [5.74, 6) is 0. The Morgan fingerprint density at radius 2 is 2.10 bits per heavy atom. The molecule has 3 aliphatic heterocycles. The third kappa shape index (κ3) is 1.51. The van der Waals surface area contributed by atoms with E-state index in [2.05, 4.69) is 0 Å². The Labute approximate surface area is 119 Å². The van der Waals surface area contributed by atoms with Crippen molar-refractivity contribution < 1.29 is 13.2 Å². The lowest BCUT2D eigenvalue weighted by Gasteiger charge is -2.25. The first-order chi connectivity index (χ1) is 9.53. The maximum absolute atomic E-state index is 12.8. The van der Waals surface area contributed by atoms with Gasteiger partial charge in [-0.25, -0.2) is 8.42 Å². The smallest absolute Gasteiger partial charge is 0.221 e. The highest BCUT2D eigenvalue weighted by molar-refractivity contribution is 7.90. The second kappa shape index (κ2) is 3.93. The van der Waals surface area contributed by atoms with Gasteiger partial charge in [-0.1, -0.05) is 42.5 Å². The van der Waals surface area contributed by atoms with Gasteiger partial charge in [0, 0.05) is 12.6 Å². The van der Waals surface area contributed by atoms with Gasteiger partial charge in [-0.15, -0.1) is 0 Å². The van der Waals surface area contributed by atoms with Crippen molar-refractivity contribution in [3.63, 3.8) is 0 Å². The molecule has 4 nitrogen and oxygen atoms in total. The Bertz CT molecular complexity index is 670. The van der Waals surface area contributed by atoms with Crippen LogP contribution in [-0.4, -0.2) is 36.2 Å². The van der Waals surface area contributed by atoms with E-state index in [-0.39, 0.29) is 12.1 Å². The van der Waals surface area contributed by atoms with Crippen LogP contribution < -0.4 is 0 Å². The number of hydrogen-bond donors (Lipinski definition) is 0. The van der Waals surface area contributed by atoms with E-state index in [0.29, 0.717) is 13.0 Å². The number of fused-ring (bicyclic) bond motifs is 1. The zero-order valence-electron chi connectivity index (χ0n) is 11.3. The normalized spacial score (nSPS) is 39.0. The second-order valence-electron chi connectivity index (χ2n) is 5.87. The standard InChI is InChI=1S/C15H17NO3S/c1-11(12-5-3-2-4-6-12)16-10-15-8-7-13(19-15)9-14(15)20(16,17)18/h2-8,11,13-14H,9-10H2,1H3/t11-,13+,14+,15+/m0/s1. The molecule has 3 aliphatic rings. The van der Waals surface area contributed by atoms with Gasteiger partial charge in [-0.3, -0.25) is 0 Å². The third-order valence-corrected chi connectivity index (χ3v) is 7.17. The number of benzene rings is 1. The van der Waals surface area contributed by atoms with Crippen molar-refractivity contribution in [2.45, 2.75) is 36.3 Å². The van der Waals surface area contributed by atoms with Gasteiger partial charge in [0.15, 0.2) is 0 Å². The molecule has 0 amide bonds. The Kier molecular flexibility index (Phi) is 2.47. The van der Waals surface area contributed by atoms with Gasteiger partial charge in [0.1, 0.15) is 10.9 Å². The summed E-state index contributed by atoms with van der Waals surface area (Å²) in [6, 6.07) is 9.61. The molecule has 3 heterocycles. The van der Waals surface area contributed by atoms with Crippen molar-refractivity contribution in [3.8, 4) is 0 Å². The summed E-state index contributed by atoms with van der Waals surface area (Å²) in [6.45, 7) is 2.38.